The van der Waals surface area contributed by atoms with Crippen LogP contribution in [0.5, 0.6) is 11.5 Å². The van der Waals surface area contributed by atoms with E-state index in [1.165, 1.54) is 4.90 Å². The first-order chi connectivity index (χ1) is 11.0. The molecule has 7 nitrogen and oxygen atoms in total. The first-order valence-corrected chi connectivity index (χ1v) is 7.52. The topological polar surface area (TPSA) is 85.1 Å². The fourth-order valence-corrected chi connectivity index (χ4v) is 2.70. The van der Waals surface area contributed by atoms with Gasteiger partial charge in [0.1, 0.15) is 17.5 Å². The zero-order valence-corrected chi connectivity index (χ0v) is 15.0. The van der Waals surface area contributed by atoms with Crippen molar-refractivity contribution in [2.24, 2.45) is 5.73 Å². The summed E-state index contributed by atoms with van der Waals surface area (Å²) in [5, 5.41) is 0. The van der Waals surface area contributed by atoms with Gasteiger partial charge in [0.2, 0.25) is 11.8 Å². The van der Waals surface area contributed by atoms with Crippen molar-refractivity contribution in [3.05, 3.63) is 18.2 Å². The Morgan fingerprint density at radius 1 is 1.29 bits per heavy atom. The molecule has 0 aromatic heterocycles. The van der Waals surface area contributed by atoms with Gasteiger partial charge >= 0.3 is 0 Å². The highest BCUT2D eigenvalue weighted by Crippen LogP contribution is 2.31. The van der Waals surface area contributed by atoms with Gasteiger partial charge in [0.15, 0.2) is 0 Å². The number of methoxy groups -OCH3 is 2. The molecule has 2 amide bonds. The first kappa shape index (κ1) is 20.1. The summed E-state index contributed by atoms with van der Waals surface area (Å²) in [6.45, 7) is 0.820. The van der Waals surface area contributed by atoms with Gasteiger partial charge in [-0.3, -0.25) is 9.59 Å². The lowest BCUT2D eigenvalue weighted by atomic mass is 10.2. The van der Waals surface area contributed by atoms with E-state index in [2.05, 4.69) is 0 Å². The minimum absolute atomic E-state index is 0. The van der Waals surface area contributed by atoms with E-state index < -0.39 is 6.04 Å². The molecule has 0 aliphatic carbocycles. The van der Waals surface area contributed by atoms with Gasteiger partial charge in [-0.15, -0.1) is 12.4 Å². The maximum absolute atomic E-state index is 12.7. The molecule has 1 aliphatic rings. The molecule has 24 heavy (non-hydrogen) atoms. The van der Waals surface area contributed by atoms with E-state index in [4.69, 9.17) is 15.2 Å². The van der Waals surface area contributed by atoms with E-state index in [1.54, 1.807) is 44.4 Å². The minimum atomic E-state index is -0.453. The largest absolute Gasteiger partial charge is 0.497 e. The summed E-state index contributed by atoms with van der Waals surface area (Å²) >= 11 is 0. The molecule has 0 spiro atoms. The van der Waals surface area contributed by atoms with Crippen LogP contribution in [0.15, 0.2) is 18.2 Å². The third-order valence-electron chi connectivity index (χ3n) is 4.04. The third kappa shape index (κ3) is 4.10. The van der Waals surface area contributed by atoms with Crippen LogP contribution in [0.3, 0.4) is 0 Å². The molecular weight excluding hydrogens is 334 g/mol. The molecule has 1 heterocycles. The summed E-state index contributed by atoms with van der Waals surface area (Å²) in [7, 11) is 4.77. The number of hydrogen-bond donors (Lipinski definition) is 1. The van der Waals surface area contributed by atoms with Crippen molar-refractivity contribution in [2.75, 3.05) is 39.3 Å². The number of anilines is 1. The number of ether oxygens (including phenoxy) is 2. The molecular formula is C16H24ClN3O4. The summed E-state index contributed by atoms with van der Waals surface area (Å²) in [5.41, 5.74) is 6.11. The van der Waals surface area contributed by atoms with Crippen molar-refractivity contribution in [1.29, 1.82) is 0 Å². The average Bonchev–Trinajstić information content (AvgIpc) is 2.95. The Kier molecular flexibility index (Phi) is 7.31. The van der Waals surface area contributed by atoms with Crippen LogP contribution in [0.1, 0.15) is 12.8 Å². The van der Waals surface area contributed by atoms with Crippen molar-refractivity contribution in [2.45, 2.75) is 18.9 Å². The average molecular weight is 358 g/mol. The van der Waals surface area contributed by atoms with Gasteiger partial charge in [-0.05, 0) is 6.42 Å². The molecule has 8 heteroatoms. The zero-order valence-electron chi connectivity index (χ0n) is 14.2. The summed E-state index contributed by atoms with van der Waals surface area (Å²) < 4.78 is 10.5. The molecule has 1 fully saturated rings. The molecule has 1 unspecified atom stereocenters. The number of halogens is 1. The number of carbonyl (C=O) groups excluding carboxylic acids is 2. The van der Waals surface area contributed by atoms with Crippen LogP contribution < -0.4 is 20.1 Å². The Morgan fingerprint density at radius 3 is 2.38 bits per heavy atom. The number of nitrogens with zero attached hydrogens (tertiary/aromatic N) is 2. The van der Waals surface area contributed by atoms with Crippen molar-refractivity contribution < 1.29 is 19.1 Å². The predicted octanol–water partition coefficient (Wildman–Crippen LogP) is 1.04. The Bertz CT molecular complexity index is 574. The number of likely N-dealkylation sites (N-methyl/N-ethyl adjacent to an activating group) is 1. The number of rotatable bonds is 6. The smallest absolute Gasteiger partial charge is 0.249 e. The van der Waals surface area contributed by atoms with Gasteiger partial charge in [-0.25, -0.2) is 0 Å². The third-order valence-corrected chi connectivity index (χ3v) is 4.04. The second-order valence-corrected chi connectivity index (χ2v) is 5.41. The molecule has 134 valence electrons. The lowest BCUT2D eigenvalue weighted by Crippen LogP contribution is -2.43. The van der Waals surface area contributed by atoms with Crippen molar-refractivity contribution >= 4 is 29.9 Å². The van der Waals surface area contributed by atoms with Crippen LogP contribution in [0.2, 0.25) is 0 Å². The second-order valence-electron chi connectivity index (χ2n) is 5.41. The SMILES string of the molecule is COc1cc(OC)cc(N2CCC(N(C)C(=O)CCN)C2=O)c1.Cl. The van der Waals surface area contributed by atoms with Crippen LogP contribution in [-0.2, 0) is 9.59 Å². The van der Waals surface area contributed by atoms with Crippen LogP contribution in [0, 0.1) is 0 Å². The number of hydrogen-bond acceptors (Lipinski definition) is 5. The molecule has 0 bridgehead atoms. The molecule has 1 aromatic rings. The van der Waals surface area contributed by atoms with E-state index in [-0.39, 0.29) is 37.2 Å². The minimum Gasteiger partial charge on any atom is -0.497 e. The van der Waals surface area contributed by atoms with Gasteiger partial charge in [-0.2, -0.15) is 0 Å². The summed E-state index contributed by atoms with van der Waals surface area (Å²) in [6, 6.07) is 4.86. The standard InChI is InChI=1S/C16H23N3O4.ClH/c1-18(15(20)4-6-17)14-5-7-19(16(14)21)11-8-12(22-2)10-13(9-11)23-3;/h8-10,14H,4-7,17H2,1-3H3;1H. The van der Waals surface area contributed by atoms with Gasteiger partial charge in [0.05, 0.1) is 19.9 Å². The quantitative estimate of drug-likeness (QED) is 0.822. The molecule has 1 aliphatic heterocycles. The van der Waals surface area contributed by atoms with Gasteiger partial charge < -0.3 is 25.0 Å². The Hall–Kier alpha value is -1.99. The highest BCUT2D eigenvalue weighted by molar-refractivity contribution is 6.01. The predicted molar refractivity (Wildman–Crippen MR) is 94.0 cm³/mol. The van der Waals surface area contributed by atoms with E-state index in [0.29, 0.717) is 30.2 Å². The van der Waals surface area contributed by atoms with Crippen LogP contribution in [0.25, 0.3) is 0 Å². The fourth-order valence-electron chi connectivity index (χ4n) is 2.70. The lowest BCUT2D eigenvalue weighted by Gasteiger charge is -2.24. The fraction of sp³-hybridized carbons (Fsp3) is 0.500. The monoisotopic (exact) mass is 357 g/mol. The van der Waals surface area contributed by atoms with E-state index >= 15 is 0 Å². The van der Waals surface area contributed by atoms with Crippen LogP contribution in [0.4, 0.5) is 5.69 Å². The number of amides is 2. The van der Waals surface area contributed by atoms with Crippen molar-refractivity contribution in [3.8, 4) is 11.5 Å². The highest BCUT2D eigenvalue weighted by atomic mass is 35.5. The van der Waals surface area contributed by atoms with Crippen LogP contribution >= 0.6 is 12.4 Å². The van der Waals surface area contributed by atoms with Crippen molar-refractivity contribution in [3.63, 3.8) is 0 Å². The maximum Gasteiger partial charge on any atom is 0.249 e. The van der Waals surface area contributed by atoms with E-state index in [9.17, 15) is 9.59 Å². The molecule has 0 radical (unpaired) electrons. The van der Waals surface area contributed by atoms with Gasteiger partial charge in [0, 0.05) is 44.8 Å². The summed E-state index contributed by atoms with van der Waals surface area (Å²) in [5.74, 6) is 1.01. The molecule has 1 saturated heterocycles. The normalized spacial score (nSPS) is 16.6. The molecule has 2 rings (SSSR count). The lowest BCUT2D eigenvalue weighted by molar-refractivity contribution is -0.136. The molecule has 2 N–H and O–H groups in total. The van der Waals surface area contributed by atoms with E-state index in [0.717, 1.165) is 0 Å². The first-order valence-electron chi connectivity index (χ1n) is 7.52. The molecule has 1 aromatic carbocycles. The maximum atomic E-state index is 12.7. The molecule has 0 saturated carbocycles. The summed E-state index contributed by atoms with van der Waals surface area (Å²) in [6.07, 6.45) is 0.832. The Labute approximate surface area is 148 Å². The van der Waals surface area contributed by atoms with E-state index in [1.807, 2.05) is 0 Å². The van der Waals surface area contributed by atoms with Gasteiger partial charge in [-0.1, -0.05) is 0 Å². The number of benzene rings is 1. The zero-order chi connectivity index (χ0) is 17.0. The molecule has 1 atom stereocenters. The Balaban J connectivity index is 0.00000288. The Morgan fingerprint density at radius 2 is 1.88 bits per heavy atom. The number of nitrogens with two attached hydrogens (primary N) is 1. The van der Waals surface area contributed by atoms with Crippen molar-refractivity contribution in [1.82, 2.24) is 4.90 Å². The van der Waals surface area contributed by atoms with Crippen LogP contribution in [-0.4, -0.2) is 57.1 Å². The number of carbonyl (C=O) groups is 2. The summed E-state index contributed by atoms with van der Waals surface area (Å²) in [4.78, 5) is 27.8. The highest BCUT2D eigenvalue weighted by Gasteiger charge is 2.37. The second kappa shape index (κ2) is 8.75. The van der Waals surface area contributed by atoms with Gasteiger partial charge in [0.25, 0.3) is 0 Å².